The Balaban J connectivity index is 1.98. The Bertz CT molecular complexity index is 864. The minimum atomic E-state index is -4.35. The van der Waals surface area contributed by atoms with Gasteiger partial charge >= 0.3 is 12.1 Å². The van der Waals surface area contributed by atoms with Crippen molar-refractivity contribution in [3.8, 4) is 11.3 Å². The molecule has 0 aliphatic rings. The first-order chi connectivity index (χ1) is 10.9. The molecule has 0 saturated carbocycles. The fourth-order valence-corrected chi connectivity index (χ4v) is 2.37. The second-order valence-electron chi connectivity index (χ2n) is 5.05. The Kier molecular flexibility index (Phi) is 3.60. The van der Waals surface area contributed by atoms with E-state index in [0.717, 1.165) is 23.0 Å². The molecule has 23 heavy (non-hydrogen) atoms. The van der Waals surface area contributed by atoms with Gasteiger partial charge < -0.3 is 9.72 Å². The molecule has 0 bridgehead atoms. The number of fused-ring (bicyclic) bond motifs is 1. The van der Waals surface area contributed by atoms with Gasteiger partial charge in [0, 0.05) is 16.6 Å². The van der Waals surface area contributed by atoms with E-state index in [1.807, 2.05) is 0 Å². The summed E-state index contributed by atoms with van der Waals surface area (Å²) in [7, 11) is 1.30. The summed E-state index contributed by atoms with van der Waals surface area (Å²) >= 11 is 0. The van der Waals surface area contributed by atoms with E-state index in [0.29, 0.717) is 16.8 Å². The number of halogens is 3. The third-order valence-electron chi connectivity index (χ3n) is 3.57. The van der Waals surface area contributed by atoms with E-state index in [1.165, 1.54) is 19.2 Å². The van der Waals surface area contributed by atoms with E-state index in [9.17, 15) is 18.0 Å². The molecule has 0 spiro atoms. The van der Waals surface area contributed by atoms with Crippen LogP contribution in [0.2, 0.25) is 0 Å². The van der Waals surface area contributed by atoms with Crippen molar-refractivity contribution in [3.63, 3.8) is 0 Å². The molecule has 3 nitrogen and oxygen atoms in total. The van der Waals surface area contributed by atoms with Gasteiger partial charge in [0.15, 0.2) is 0 Å². The highest BCUT2D eigenvalue weighted by Crippen LogP contribution is 2.31. The molecule has 1 aromatic heterocycles. The molecule has 0 amide bonds. The zero-order valence-electron chi connectivity index (χ0n) is 12.1. The highest BCUT2D eigenvalue weighted by molar-refractivity contribution is 5.96. The molecule has 3 rings (SSSR count). The van der Waals surface area contributed by atoms with Crippen LogP contribution < -0.4 is 0 Å². The summed E-state index contributed by atoms with van der Waals surface area (Å²) in [5.41, 5.74) is 1.82. The van der Waals surface area contributed by atoms with Crippen LogP contribution in [0.1, 0.15) is 15.9 Å². The standard InChI is InChI=1S/C17H12F3NO2/c1-23-16(22)11-4-7-14-12(8-11)9-15(21-14)10-2-5-13(6-3-10)17(18,19)20/h2-9,21H,1H3. The van der Waals surface area contributed by atoms with Gasteiger partial charge in [0.2, 0.25) is 0 Å². The van der Waals surface area contributed by atoms with Crippen LogP contribution in [0.15, 0.2) is 48.5 Å². The molecule has 0 atom stereocenters. The monoisotopic (exact) mass is 319 g/mol. The van der Waals surface area contributed by atoms with E-state index < -0.39 is 17.7 Å². The van der Waals surface area contributed by atoms with Gasteiger partial charge in [-0.1, -0.05) is 12.1 Å². The summed E-state index contributed by atoms with van der Waals surface area (Å²) < 4.78 is 42.4. The number of hydrogen-bond acceptors (Lipinski definition) is 2. The average Bonchev–Trinajstić information content (AvgIpc) is 2.96. The number of rotatable bonds is 2. The number of benzene rings is 2. The van der Waals surface area contributed by atoms with Crippen molar-refractivity contribution in [2.24, 2.45) is 0 Å². The largest absolute Gasteiger partial charge is 0.465 e. The number of ether oxygens (including phenoxy) is 1. The number of aromatic amines is 1. The number of H-pyrrole nitrogens is 1. The third-order valence-corrected chi connectivity index (χ3v) is 3.57. The van der Waals surface area contributed by atoms with Gasteiger partial charge in [0.25, 0.3) is 0 Å². The van der Waals surface area contributed by atoms with Gasteiger partial charge in [-0.15, -0.1) is 0 Å². The summed E-state index contributed by atoms with van der Waals surface area (Å²) in [6.07, 6.45) is -4.35. The van der Waals surface area contributed by atoms with Crippen molar-refractivity contribution >= 4 is 16.9 Å². The maximum Gasteiger partial charge on any atom is 0.416 e. The molecule has 1 heterocycles. The van der Waals surface area contributed by atoms with Gasteiger partial charge in [-0.2, -0.15) is 13.2 Å². The maximum absolute atomic E-state index is 12.6. The molecular formula is C17H12F3NO2. The lowest BCUT2D eigenvalue weighted by atomic mass is 10.1. The van der Waals surface area contributed by atoms with Crippen LogP contribution >= 0.6 is 0 Å². The minimum Gasteiger partial charge on any atom is -0.465 e. The number of methoxy groups -OCH3 is 1. The number of nitrogens with one attached hydrogen (secondary N) is 1. The van der Waals surface area contributed by atoms with Crippen molar-refractivity contribution < 1.29 is 22.7 Å². The lowest BCUT2D eigenvalue weighted by molar-refractivity contribution is -0.137. The third kappa shape index (κ3) is 2.92. The summed E-state index contributed by atoms with van der Waals surface area (Å²) in [4.78, 5) is 14.6. The smallest absolute Gasteiger partial charge is 0.416 e. The lowest BCUT2D eigenvalue weighted by Gasteiger charge is -2.06. The topological polar surface area (TPSA) is 42.1 Å². The lowest BCUT2D eigenvalue weighted by Crippen LogP contribution is -2.03. The molecule has 0 saturated heterocycles. The first-order valence-electron chi connectivity index (χ1n) is 6.77. The van der Waals surface area contributed by atoms with Crippen LogP contribution in [0, 0.1) is 0 Å². The molecular weight excluding hydrogens is 307 g/mol. The quantitative estimate of drug-likeness (QED) is 0.699. The van der Waals surface area contributed by atoms with Crippen LogP contribution in [-0.4, -0.2) is 18.1 Å². The second-order valence-corrected chi connectivity index (χ2v) is 5.05. The van der Waals surface area contributed by atoms with Crippen molar-refractivity contribution in [1.29, 1.82) is 0 Å². The summed E-state index contributed by atoms with van der Waals surface area (Å²) in [5, 5.41) is 0.780. The minimum absolute atomic E-state index is 0.415. The molecule has 1 N–H and O–H groups in total. The van der Waals surface area contributed by atoms with Crippen LogP contribution in [-0.2, 0) is 10.9 Å². The van der Waals surface area contributed by atoms with Crippen molar-refractivity contribution in [2.75, 3.05) is 7.11 Å². The van der Waals surface area contributed by atoms with Gasteiger partial charge in [-0.25, -0.2) is 4.79 Å². The van der Waals surface area contributed by atoms with Crippen molar-refractivity contribution in [3.05, 3.63) is 59.7 Å². The number of esters is 1. The maximum atomic E-state index is 12.6. The summed E-state index contributed by atoms with van der Waals surface area (Å²) in [6, 6.07) is 11.7. The Morgan fingerprint density at radius 2 is 1.74 bits per heavy atom. The van der Waals surface area contributed by atoms with Crippen molar-refractivity contribution in [1.82, 2.24) is 4.98 Å². The second kappa shape index (κ2) is 5.46. The Morgan fingerprint density at radius 1 is 1.04 bits per heavy atom. The first kappa shape index (κ1) is 15.1. The predicted molar refractivity (Wildman–Crippen MR) is 80.1 cm³/mol. The number of aromatic nitrogens is 1. The summed E-state index contributed by atoms with van der Waals surface area (Å²) in [5.74, 6) is -0.441. The Hall–Kier alpha value is -2.76. The predicted octanol–water partition coefficient (Wildman–Crippen LogP) is 4.64. The van der Waals surface area contributed by atoms with E-state index in [1.54, 1.807) is 24.3 Å². The fraction of sp³-hybridized carbons (Fsp3) is 0.118. The van der Waals surface area contributed by atoms with Gasteiger partial charge in [0.1, 0.15) is 0 Å². The number of carbonyl (C=O) groups excluding carboxylic acids is 1. The van der Waals surface area contributed by atoms with Gasteiger partial charge in [0.05, 0.1) is 18.2 Å². The molecule has 6 heteroatoms. The molecule has 0 radical (unpaired) electrons. The first-order valence-corrected chi connectivity index (χ1v) is 6.77. The molecule has 0 aliphatic carbocycles. The Labute approximate surface area is 129 Å². The Morgan fingerprint density at radius 3 is 2.35 bits per heavy atom. The van der Waals surface area contributed by atoms with Gasteiger partial charge in [-0.3, -0.25) is 0 Å². The van der Waals surface area contributed by atoms with Crippen LogP contribution in [0.25, 0.3) is 22.2 Å². The van der Waals surface area contributed by atoms with Crippen LogP contribution in [0.5, 0.6) is 0 Å². The zero-order valence-corrected chi connectivity index (χ0v) is 12.1. The highest BCUT2D eigenvalue weighted by atomic mass is 19.4. The number of carbonyl (C=O) groups is 1. The molecule has 2 aromatic carbocycles. The fourth-order valence-electron chi connectivity index (χ4n) is 2.37. The van der Waals surface area contributed by atoms with Crippen LogP contribution in [0.4, 0.5) is 13.2 Å². The van der Waals surface area contributed by atoms with Crippen LogP contribution in [0.3, 0.4) is 0 Å². The highest BCUT2D eigenvalue weighted by Gasteiger charge is 2.30. The van der Waals surface area contributed by atoms with Crippen molar-refractivity contribution in [2.45, 2.75) is 6.18 Å². The molecule has 0 unspecified atom stereocenters. The average molecular weight is 319 g/mol. The molecule has 118 valence electrons. The molecule has 0 aliphatic heterocycles. The summed E-state index contributed by atoms with van der Waals surface area (Å²) in [6.45, 7) is 0. The number of alkyl halides is 3. The van der Waals surface area contributed by atoms with E-state index in [2.05, 4.69) is 9.72 Å². The molecule has 3 aromatic rings. The normalized spacial score (nSPS) is 11.7. The SMILES string of the molecule is COC(=O)c1ccc2[nH]c(-c3ccc(C(F)(F)F)cc3)cc2c1. The van der Waals surface area contributed by atoms with Gasteiger partial charge in [-0.05, 0) is 42.0 Å². The number of hydrogen-bond donors (Lipinski definition) is 1. The molecule has 0 fully saturated rings. The van der Waals surface area contributed by atoms with E-state index >= 15 is 0 Å². The zero-order chi connectivity index (χ0) is 16.6. The van der Waals surface area contributed by atoms with E-state index in [4.69, 9.17) is 0 Å². The van der Waals surface area contributed by atoms with E-state index in [-0.39, 0.29) is 0 Å².